The molecule has 416 valence electrons. The molecule has 2 aliphatic heterocycles. The molecule has 0 spiro atoms. The van der Waals surface area contributed by atoms with E-state index < -0.39 is 174 Å². The minimum Gasteiger partial charge on any atom is -0.269 e. The zero-order valence-corrected chi connectivity index (χ0v) is 34.9. The Labute approximate surface area is 395 Å². The second-order valence-electron chi connectivity index (χ2n) is 16.7. The number of hydrogen-bond donors (Lipinski definition) is 0. The molecule has 2 aliphatic rings. The van der Waals surface area contributed by atoms with Gasteiger partial charge in [-0.05, 0) is 56.6 Å². The van der Waals surface area contributed by atoms with Gasteiger partial charge in [0.1, 0.15) is 0 Å². The third kappa shape index (κ3) is 6.69. The summed E-state index contributed by atoms with van der Waals surface area (Å²) in [6.45, 7) is -7.09. The second-order valence-corrected chi connectivity index (χ2v) is 16.7. The number of fused-ring (bicyclic) bond motifs is 2. The summed E-state index contributed by atoms with van der Waals surface area (Å²) in [4.78, 5) is 52.0. The molecule has 0 unspecified atom stereocenters. The van der Waals surface area contributed by atoms with Gasteiger partial charge in [0.25, 0.3) is 23.6 Å². The molecule has 5 aromatic rings. The number of rotatable bonds is 14. The number of halogens is 30. The van der Waals surface area contributed by atoms with Crippen molar-refractivity contribution in [2.45, 2.75) is 83.4 Å². The van der Waals surface area contributed by atoms with Crippen molar-refractivity contribution in [2.75, 3.05) is 13.1 Å². The van der Waals surface area contributed by atoms with Crippen LogP contribution >= 0.6 is 0 Å². The summed E-state index contributed by atoms with van der Waals surface area (Å²) in [5.74, 6) is -108. The Morgan fingerprint density at radius 1 is 0.250 bits per heavy atom. The van der Waals surface area contributed by atoms with Crippen molar-refractivity contribution in [1.82, 2.24) is 9.80 Å². The number of carbonyl (C=O) groups excluding carboxylic acids is 4. The maximum atomic E-state index is 15.1. The fourth-order valence-electron chi connectivity index (χ4n) is 8.25. The monoisotopic (exact) mass is 1150 g/mol. The van der Waals surface area contributed by atoms with Gasteiger partial charge in [-0.3, -0.25) is 29.0 Å². The lowest BCUT2D eigenvalue weighted by Gasteiger charge is -2.42. The maximum absolute atomic E-state index is 15.1. The van der Waals surface area contributed by atoms with Crippen molar-refractivity contribution in [3.63, 3.8) is 0 Å². The van der Waals surface area contributed by atoms with Crippen LogP contribution in [0, 0.1) is 0 Å². The number of amides is 4. The van der Waals surface area contributed by atoms with Crippen LogP contribution < -0.4 is 0 Å². The zero-order valence-electron chi connectivity index (χ0n) is 34.9. The molecule has 4 amide bonds. The van der Waals surface area contributed by atoms with E-state index >= 15 is 17.6 Å². The van der Waals surface area contributed by atoms with E-state index in [0.717, 1.165) is 24.3 Å². The molecular formula is C40H12F30N2O4. The highest BCUT2D eigenvalue weighted by Gasteiger charge is 2.95. The summed E-state index contributed by atoms with van der Waals surface area (Å²) < 4.78 is 417. The fourth-order valence-corrected chi connectivity index (χ4v) is 8.25. The summed E-state index contributed by atoms with van der Waals surface area (Å²) in [7, 11) is 0. The largest absolute Gasteiger partial charge is 0.460 e. The number of alkyl halides is 30. The van der Waals surface area contributed by atoms with E-state index in [-0.39, 0.29) is 21.5 Å². The van der Waals surface area contributed by atoms with Crippen molar-refractivity contribution in [1.29, 1.82) is 0 Å². The smallest absolute Gasteiger partial charge is 0.269 e. The molecule has 0 fully saturated rings. The average molecular weight is 1150 g/mol. The van der Waals surface area contributed by atoms with E-state index in [2.05, 4.69) is 0 Å². The van der Waals surface area contributed by atoms with Gasteiger partial charge in [0.05, 0.1) is 13.1 Å². The number of carbonyl (C=O) groups is 4. The van der Waals surface area contributed by atoms with Gasteiger partial charge in [-0.1, -0.05) is 24.3 Å². The van der Waals surface area contributed by atoms with Crippen LogP contribution in [0.4, 0.5) is 132 Å². The molecular weight excluding hydrogens is 1140 g/mol. The lowest BCUT2D eigenvalue weighted by Crippen LogP contribution is -2.73. The lowest BCUT2D eigenvalue weighted by atomic mass is 9.82. The van der Waals surface area contributed by atoms with E-state index in [9.17, 15) is 133 Å². The molecule has 36 heteroatoms. The standard InChI is InChI=1S/C40H12F30N2O4/c41-27(42,29(45,46)31(49,50)33(53,54)35(57,58)37(61,62)39(65,66)67)9-71-23(73)15-5-1-11-12-2-6-17-22-18(8-4-14(20(12)22)13-3-7-16(24(71)74)21(15)19(11)13)26(76)72(25(17)75)10-28(43,44)30(47,48)32(51,52)34(55,56)36(59,60)38(63,64)40(68,69)70/h1-8H,9-10H2. The average Bonchev–Trinajstić information content (AvgIpc) is 3.28. The molecule has 6 nitrogen and oxygen atoms in total. The van der Waals surface area contributed by atoms with Gasteiger partial charge in [-0.2, -0.15) is 132 Å². The quantitative estimate of drug-likeness (QED) is 0.0481. The van der Waals surface area contributed by atoms with E-state index in [0.29, 0.717) is 24.3 Å². The van der Waals surface area contributed by atoms with Crippen molar-refractivity contribution in [2.24, 2.45) is 0 Å². The van der Waals surface area contributed by atoms with Crippen molar-refractivity contribution >= 4 is 66.7 Å². The van der Waals surface area contributed by atoms with Gasteiger partial charge in [0.2, 0.25) is 0 Å². The molecule has 0 aromatic heterocycles. The van der Waals surface area contributed by atoms with Gasteiger partial charge in [0.15, 0.2) is 0 Å². The molecule has 0 saturated heterocycles. The number of hydrogen-bond acceptors (Lipinski definition) is 4. The Bertz CT molecular complexity index is 2980. The van der Waals surface area contributed by atoms with Gasteiger partial charge in [0, 0.05) is 33.0 Å². The Morgan fingerprint density at radius 3 is 0.632 bits per heavy atom. The summed E-state index contributed by atoms with van der Waals surface area (Å²) >= 11 is 0. The molecule has 5 aromatic carbocycles. The first-order valence-electron chi connectivity index (χ1n) is 19.4. The predicted molar refractivity (Wildman–Crippen MR) is 190 cm³/mol. The molecule has 2 heterocycles. The van der Waals surface area contributed by atoms with Gasteiger partial charge >= 0.3 is 83.4 Å². The van der Waals surface area contributed by atoms with E-state index in [4.69, 9.17) is 0 Å². The van der Waals surface area contributed by atoms with Crippen molar-refractivity contribution < 1.29 is 151 Å². The minimum atomic E-state index is -8.72. The third-order valence-corrected chi connectivity index (χ3v) is 12.3. The normalized spacial score (nSPS) is 17.0. The number of imide groups is 2. The van der Waals surface area contributed by atoms with Crippen LogP contribution in [0.2, 0.25) is 0 Å². The highest BCUT2D eigenvalue weighted by Crippen LogP contribution is 2.65. The highest BCUT2D eigenvalue weighted by molar-refractivity contribution is 6.41. The topological polar surface area (TPSA) is 74.8 Å². The Morgan fingerprint density at radius 2 is 0.434 bits per heavy atom. The van der Waals surface area contributed by atoms with Crippen LogP contribution in [0.25, 0.3) is 43.1 Å². The van der Waals surface area contributed by atoms with Crippen LogP contribution in [-0.2, 0) is 0 Å². The number of benzene rings is 5. The van der Waals surface area contributed by atoms with Crippen LogP contribution in [0.15, 0.2) is 48.5 Å². The van der Waals surface area contributed by atoms with Crippen LogP contribution in [0.3, 0.4) is 0 Å². The Hall–Kier alpha value is -6.42. The molecule has 7 rings (SSSR count). The first kappa shape index (κ1) is 57.3. The fraction of sp³-hybridized carbons (Fsp3) is 0.400. The predicted octanol–water partition coefficient (Wildman–Crippen LogP) is 13.7. The van der Waals surface area contributed by atoms with Crippen LogP contribution in [0.1, 0.15) is 41.4 Å². The van der Waals surface area contributed by atoms with E-state index in [1.807, 2.05) is 0 Å². The number of nitrogens with zero attached hydrogens (tertiary/aromatic N) is 2. The summed E-state index contributed by atoms with van der Waals surface area (Å²) in [6.07, 6.45) is -15.8. The lowest BCUT2D eigenvalue weighted by molar-refractivity contribution is -0.452. The minimum absolute atomic E-state index is 0.333. The summed E-state index contributed by atoms with van der Waals surface area (Å²) in [5, 5.41) is -3.63. The SMILES string of the molecule is O=C1c2ccc3c4ccc5c6c(ccc(c7ccc(c2c37)C(=O)N1CC(F)(F)C(F)(F)C(F)(F)C(F)(F)C(F)(F)C(F)(F)C(F)(F)F)c64)C(=O)N(CC(F)(F)C(F)(F)C(F)(F)C(F)(F)C(F)(F)C(F)(F)C(F)(F)F)C5=O. The van der Waals surface area contributed by atoms with Gasteiger partial charge < -0.3 is 0 Å². The summed E-state index contributed by atoms with van der Waals surface area (Å²) in [6, 6.07) is 4.91. The van der Waals surface area contributed by atoms with Crippen LogP contribution in [-0.4, -0.2) is 130 Å². The van der Waals surface area contributed by atoms with Gasteiger partial charge in [-0.15, -0.1) is 0 Å². The zero-order chi connectivity index (χ0) is 58.5. The molecule has 0 radical (unpaired) electrons. The highest BCUT2D eigenvalue weighted by atomic mass is 19.4. The van der Waals surface area contributed by atoms with Crippen molar-refractivity contribution in [3.8, 4) is 0 Å². The molecule has 0 aliphatic carbocycles. The molecule has 0 saturated carbocycles. The molecule has 76 heavy (non-hydrogen) atoms. The summed E-state index contributed by atoms with van der Waals surface area (Å²) in [5.41, 5.74) is -4.40. The molecule has 0 N–H and O–H groups in total. The van der Waals surface area contributed by atoms with Crippen LogP contribution in [0.5, 0.6) is 0 Å². The Balaban J connectivity index is 1.27. The van der Waals surface area contributed by atoms with E-state index in [1.165, 1.54) is 0 Å². The third-order valence-electron chi connectivity index (χ3n) is 12.3. The Kier molecular flexibility index (Phi) is 11.8. The first-order chi connectivity index (χ1) is 33.8. The second kappa shape index (κ2) is 15.6. The first-order valence-corrected chi connectivity index (χ1v) is 19.4. The van der Waals surface area contributed by atoms with Gasteiger partial charge in [-0.25, -0.2) is 0 Å². The molecule has 0 atom stereocenters. The molecule has 0 bridgehead atoms. The van der Waals surface area contributed by atoms with Crippen molar-refractivity contribution in [3.05, 3.63) is 70.8 Å². The maximum Gasteiger partial charge on any atom is 0.460 e. The van der Waals surface area contributed by atoms with E-state index in [1.54, 1.807) is 0 Å².